The van der Waals surface area contributed by atoms with Gasteiger partial charge >= 0.3 is 6.09 Å². The van der Waals surface area contributed by atoms with Crippen LogP contribution in [-0.4, -0.2) is 140 Å². The Morgan fingerprint density at radius 2 is 1.62 bits per heavy atom. The van der Waals surface area contributed by atoms with Gasteiger partial charge in [-0.3, -0.25) is 24.1 Å². The molecule has 1 aromatic rings. The Morgan fingerprint density at radius 1 is 0.946 bits per heavy atom. The number of nitrogens with one attached hydrogen (secondary N) is 3. The van der Waals surface area contributed by atoms with Crippen molar-refractivity contribution in [1.29, 1.82) is 0 Å². The van der Waals surface area contributed by atoms with Gasteiger partial charge in [-0.1, -0.05) is 78.3 Å². The van der Waals surface area contributed by atoms with Gasteiger partial charge in [0.2, 0.25) is 23.6 Å². The summed E-state index contributed by atoms with van der Waals surface area (Å²) in [5.41, 5.74) is 1.14. The molecule has 7 unspecified atom stereocenters. The number of hydrogen-bond acceptors (Lipinski definition) is 9. The highest BCUT2D eigenvalue weighted by molar-refractivity contribution is 8.00. The van der Waals surface area contributed by atoms with Gasteiger partial charge in [-0.2, -0.15) is 11.8 Å². The molecule has 1 aromatic carbocycles. The Bertz CT molecular complexity index is 1360. The van der Waals surface area contributed by atoms with Crippen molar-refractivity contribution in [2.45, 2.75) is 123 Å². The summed E-state index contributed by atoms with van der Waals surface area (Å²) in [5.74, 6) is -0.280. The van der Waals surface area contributed by atoms with Gasteiger partial charge in [-0.15, -0.1) is 0 Å². The molecule has 56 heavy (non-hydrogen) atoms. The van der Waals surface area contributed by atoms with Crippen molar-refractivity contribution in [2.75, 3.05) is 60.2 Å². The molecule has 0 saturated carbocycles. The summed E-state index contributed by atoms with van der Waals surface area (Å²) in [5, 5.41) is 8.51. The van der Waals surface area contributed by atoms with Crippen LogP contribution in [0.2, 0.25) is 0 Å². The molecule has 13 nitrogen and oxygen atoms in total. The van der Waals surface area contributed by atoms with Crippen LogP contribution >= 0.6 is 11.8 Å². The number of likely N-dealkylation sites (N-methyl/N-ethyl adjacent to an activating group) is 2. The van der Waals surface area contributed by atoms with E-state index in [1.807, 2.05) is 88.8 Å². The minimum atomic E-state index is -0.759. The van der Waals surface area contributed by atoms with Crippen molar-refractivity contribution in [2.24, 2.45) is 17.8 Å². The fourth-order valence-electron chi connectivity index (χ4n) is 7.69. The number of benzene rings is 1. The molecule has 0 radical (unpaired) electrons. The molecular weight excluding hydrogens is 733 g/mol. The van der Waals surface area contributed by atoms with Gasteiger partial charge < -0.3 is 35.2 Å². The van der Waals surface area contributed by atoms with Crippen LogP contribution in [0.25, 0.3) is 0 Å². The van der Waals surface area contributed by atoms with Crippen molar-refractivity contribution < 1.29 is 33.4 Å². The Hall–Kier alpha value is -3.36. The van der Waals surface area contributed by atoms with Crippen LogP contribution < -0.4 is 16.0 Å². The van der Waals surface area contributed by atoms with E-state index in [9.17, 15) is 24.0 Å². The molecule has 0 aromatic heterocycles. The van der Waals surface area contributed by atoms with E-state index in [1.165, 1.54) is 0 Å². The first-order valence-corrected chi connectivity index (χ1v) is 21.5. The molecule has 318 valence electrons. The van der Waals surface area contributed by atoms with Gasteiger partial charge in [0.15, 0.2) is 0 Å². The van der Waals surface area contributed by atoms with Crippen LogP contribution in [0.5, 0.6) is 0 Å². The Labute approximate surface area is 341 Å². The highest BCUT2D eigenvalue weighted by Gasteiger charge is 2.41. The second kappa shape index (κ2) is 25.1. The number of methoxy groups -OCH3 is 1. The van der Waals surface area contributed by atoms with Crippen molar-refractivity contribution >= 4 is 41.5 Å². The number of ether oxygens (including phenoxy) is 2. The van der Waals surface area contributed by atoms with E-state index < -0.39 is 30.3 Å². The molecule has 1 aliphatic rings. The molecule has 1 heterocycles. The second-order valence-corrected chi connectivity index (χ2v) is 17.2. The summed E-state index contributed by atoms with van der Waals surface area (Å²) < 4.78 is 11.4. The monoisotopic (exact) mass is 805 g/mol. The molecule has 0 bridgehead atoms. The molecule has 3 N–H and O–H groups in total. The largest absolute Gasteiger partial charge is 0.449 e. The third-order valence-corrected chi connectivity index (χ3v) is 12.1. The van der Waals surface area contributed by atoms with Crippen LogP contribution in [0.3, 0.4) is 0 Å². The maximum absolute atomic E-state index is 14.3. The lowest BCUT2D eigenvalue weighted by atomic mass is 9.89. The lowest BCUT2D eigenvalue weighted by molar-refractivity contribution is -0.146. The van der Waals surface area contributed by atoms with Gasteiger partial charge in [0.1, 0.15) is 12.6 Å². The number of amides is 5. The van der Waals surface area contributed by atoms with Gasteiger partial charge in [0.05, 0.1) is 24.6 Å². The summed E-state index contributed by atoms with van der Waals surface area (Å²) in [4.78, 5) is 72.7. The van der Waals surface area contributed by atoms with E-state index in [-0.39, 0.29) is 72.1 Å². The standard InChI is InChI=1S/C42H72N6O7S/c1-12-30(7)39(47(10)41(52)37(28(3)4)45-40(51)38(29(5)6)46(8)9)33(54-11)26-36(50)48-23-17-20-32(48)34(56-25-24-55-42(53)43-13-2)27-35(49)44-22-21-31-18-15-14-16-19-31/h14-16,18-19,28-30,32-34,37-39H,12-13,17,20-27H2,1-11H3,(H,43,53)(H,44,49)(H,45,51). The van der Waals surface area contributed by atoms with Crippen LogP contribution in [0.1, 0.15) is 86.1 Å². The first-order valence-electron chi connectivity index (χ1n) is 20.5. The predicted octanol–water partition coefficient (Wildman–Crippen LogP) is 4.58. The molecule has 1 fully saturated rings. The maximum Gasteiger partial charge on any atom is 0.407 e. The van der Waals surface area contributed by atoms with E-state index >= 15 is 0 Å². The van der Waals surface area contributed by atoms with Gasteiger partial charge in [0.25, 0.3) is 0 Å². The van der Waals surface area contributed by atoms with E-state index in [2.05, 4.69) is 29.8 Å². The molecule has 7 atom stereocenters. The normalized spacial score (nSPS) is 17.5. The van der Waals surface area contributed by atoms with Crippen molar-refractivity contribution in [3.63, 3.8) is 0 Å². The Morgan fingerprint density at radius 3 is 2.20 bits per heavy atom. The molecule has 1 saturated heterocycles. The average molecular weight is 805 g/mol. The maximum atomic E-state index is 14.3. The fourth-order valence-corrected chi connectivity index (χ4v) is 8.95. The smallest absolute Gasteiger partial charge is 0.407 e. The summed E-state index contributed by atoms with van der Waals surface area (Å²) in [7, 11) is 7.04. The quantitative estimate of drug-likeness (QED) is 0.128. The van der Waals surface area contributed by atoms with Crippen LogP contribution in [0.15, 0.2) is 30.3 Å². The third-order valence-electron chi connectivity index (χ3n) is 10.8. The van der Waals surface area contributed by atoms with E-state index in [1.54, 1.807) is 30.8 Å². The number of carbonyl (C=O) groups is 5. The van der Waals surface area contributed by atoms with Crippen molar-refractivity contribution in [1.82, 2.24) is 30.7 Å². The highest BCUT2D eigenvalue weighted by atomic mass is 32.2. The summed E-state index contributed by atoms with van der Waals surface area (Å²) in [6.45, 7) is 15.4. The molecular formula is C42H72N6O7S. The summed E-state index contributed by atoms with van der Waals surface area (Å²) >= 11 is 1.54. The number of rotatable bonds is 24. The SMILES string of the molecule is CCNC(=O)OCCSC(CC(=O)NCCc1ccccc1)C1CCCN1C(=O)CC(OC)C(C(C)CC)N(C)C(=O)C(NC(=O)C(C(C)C)N(C)C)C(C)C. The lowest BCUT2D eigenvalue weighted by Gasteiger charge is -2.41. The Balaban J connectivity index is 2.27. The second-order valence-electron chi connectivity index (χ2n) is 15.8. The molecule has 14 heteroatoms. The van der Waals surface area contributed by atoms with Crippen LogP contribution in [-0.2, 0) is 35.1 Å². The van der Waals surface area contributed by atoms with Gasteiger partial charge in [-0.05, 0) is 63.6 Å². The van der Waals surface area contributed by atoms with Crippen LogP contribution in [0, 0.1) is 17.8 Å². The summed E-state index contributed by atoms with van der Waals surface area (Å²) in [6, 6.07) is 8.17. The van der Waals surface area contributed by atoms with Gasteiger partial charge in [-0.25, -0.2) is 4.79 Å². The lowest BCUT2D eigenvalue weighted by Crippen LogP contribution is -2.59. The highest BCUT2D eigenvalue weighted by Crippen LogP contribution is 2.32. The number of hydrogen-bond donors (Lipinski definition) is 3. The van der Waals surface area contributed by atoms with Crippen LogP contribution in [0.4, 0.5) is 4.79 Å². The molecule has 0 aliphatic carbocycles. The molecule has 1 aliphatic heterocycles. The van der Waals surface area contributed by atoms with Crippen molar-refractivity contribution in [3.05, 3.63) is 35.9 Å². The minimum Gasteiger partial charge on any atom is -0.449 e. The number of thioether (sulfide) groups is 1. The molecule has 2 rings (SSSR count). The number of alkyl carbamates (subject to hydrolysis) is 1. The third kappa shape index (κ3) is 15.2. The van der Waals surface area contributed by atoms with E-state index in [4.69, 9.17) is 9.47 Å². The van der Waals surface area contributed by atoms with E-state index in [0.717, 1.165) is 24.8 Å². The molecule has 0 spiro atoms. The minimum absolute atomic E-state index is 0.0161. The Kier molecular flexibility index (Phi) is 21.9. The molecule has 5 amide bonds. The van der Waals surface area contributed by atoms with E-state index in [0.29, 0.717) is 31.8 Å². The number of nitrogens with zero attached hydrogens (tertiary/aromatic N) is 3. The zero-order valence-corrected chi connectivity index (χ0v) is 36.8. The number of likely N-dealkylation sites (tertiary alicyclic amines) is 1. The first kappa shape index (κ1) is 48.8. The predicted molar refractivity (Wildman–Crippen MR) is 224 cm³/mol. The zero-order valence-electron chi connectivity index (χ0n) is 36.0. The summed E-state index contributed by atoms with van der Waals surface area (Å²) in [6.07, 6.45) is 2.16. The van der Waals surface area contributed by atoms with Gasteiger partial charge in [0, 0.05) is 57.3 Å². The fraction of sp³-hybridized carbons (Fsp3) is 0.738. The van der Waals surface area contributed by atoms with Crippen molar-refractivity contribution in [3.8, 4) is 0 Å². The number of carbonyl (C=O) groups excluding carboxylic acids is 5. The zero-order chi connectivity index (χ0) is 41.9. The topological polar surface area (TPSA) is 150 Å². The first-order chi connectivity index (χ1) is 26.6. The average Bonchev–Trinajstić information content (AvgIpc) is 3.64.